The molecule has 3 aromatic carbocycles. The molecule has 1 N–H and O–H groups in total. The number of benzene rings is 3. The molecule has 0 spiro atoms. The second-order valence-corrected chi connectivity index (χ2v) is 7.72. The van der Waals surface area contributed by atoms with Crippen molar-refractivity contribution in [3.05, 3.63) is 85.1 Å². The zero-order chi connectivity index (χ0) is 20.3. The molecule has 0 aliphatic heterocycles. The molecule has 1 amide bonds. The van der Waals surface area contributed by atoms with Crippen molar-refractivity contribution in [2.45, 2.75) is 0 Å². The number of anilines is 1. The van der Waals surface area contributed by atoms with Gasteiger partial charge < -0.3 is 10.1 Å². The number of pyridine rings is 1. The largest absolute Gasteiger partial charge is 0.483 e. The number of fused-ring (bicyclic) bond motifs is 2. The van der Waals surface area contributed by atoms with E-state index in [0.29, 0.717) is 11.4 Å². The van der Waals surface area contributed by atoms with Crippen molar-refractivity contribution in [1.82, 2.24) is 9.97 Å². The molecule has 2 aromatic heterocycles. The van der Waals surface area contributed by atoms with Gasteiger partial charge in [0.25, 0.3) is 5.91 Å². The van der Waals surface area contributed by atoms with E-state index in [0.717, 1.165) is 31.7 Å². The average molecular weight is 411 g/mol. The van der Waals surface area contributed by atoms with E-state index in [9.17, 15) is 4.79 Å². The number of nitrogens with zero attached hydrogens (tertiary/aromatic N) is 2. The Morgan fingerprint density at radius 1 is 0.933 bits per heavy atom. The number of hydrogen-bond acceptors (Lipinski definition) is 5. The highest BCUT2D eigenvalue weighted by atomic mass is 32.1. The topological polar surface area (TPSA) is 64.1 Å². The van der Waals surface area contributed by atoms with Crippen LogP contribution in [0.3, 0.4) is 0 Å². The molecule has 0 aliphatic carbocycles. The molecule has 0 fully saturated rings. The van der Waals surface area contributed by atoms with Crippen LogP contribution in [0, 0.1) is 0 Å². The van der Waals surface area contributed by atoms with Crippen LogP contribution in [-0.4, -0.2) is 22.5 Å². The highest BCUT2D eigenvalue weighted by Crippen LogP contribution is 2.29. The van der Waals surface area contributed by atoms with Gasteiger partial charge in [0.05, 0.1) is 0 Å². The van der Waals surface area contributed by atoms with Crippen molar-refractivity contribution in [1.29, 1.82) is 0 Å². The average Bonchev–Trinajstić information content (AvgIpc) is 3.22. The number of rotatable bonds is 5. The van der Waals surface area contributed by atoms with E-state index in [2.05, 4.69) is 15.3 Å². The van der Waals surface area contributed by atoms with Crippen LogP contribution in [0.2, 0.25) is 0 Å². The third-order valence-corrected chi connectivity index (χ3v) is 5.72. The molecule has 0 bridgehead atoms. The van der Waals surface area contributed by atoms with E-state index in [-0.39, 0.29) is 12.5 Å². The Hall–Kier alpha value is -3.77. The zero-order valence-electron chi connectivity index (χ0n) is 15.9. The van der Waals surface area contributed by atoms with Crippen molar-refractivity contribution in [3.63, 3.8) is 0 Å². The summed E-state index contributed by atoms with van der Waals surface area (Å²) in [5.74, 6) is 0.489. The Kier molecular flexibility index (Phi) is 4.83. The first-order valence-electron chi connectivity index (χ1n) is 9.49. The third kappa shape index (κ3) is 3.73. The van der Waals surface area contributed by atoms with Gasteiger partial charge in [0.2, 0.25) is 0 Å². The molecular formula is C24H17N3O2S. The van der Waals surface area contributed by atoms with Crippen LogP contribution in [0.1, 0.15) is 0 Å². The van der Waals surface area contributed by atoms with Crippen LogP contribution in [-0.2, 0) is 4.79 Å². The molecule has 5 aromatic rings. The summed E-state index contributed by atoms with van der Waals surface area (Å²) in [5, 5.41) is 5.84. The number of carbonyl (C=O) groups excluding carboxylic acids is 1. The second-order valence-electron chi connectivity index (χ2n) is 6.74. The van der Waals surface area contributed by atoms with Crippen molar-refractivity contribution in [2.24, 2.45) is 0 Å². The molecule has 30 heavy (non-hydrogen) atoms. The Morgan fingerprint density at radius 2 is 1.77 bits per heavy atom. The summed E-state index contributed by atoms with van der Waals surface area (Å²) in [7, 11) is 0. The molecule has 6 heteroatoms. The first-order chi connectivity index (χ1) is 14.8. The fraction of sp³-hybridized carbons (Fsp3) is 0.0417. The zero-order valence-corrected chi connectivity index (χ0v) is 16.7. The Morgan fingerprint density at radius 3 is 2.63 bits per heavy atom. The van der Waals surface area contributed by atoms with Gasteiger partial charge in [0, 0.05) is 22.8 Å². The predicted molar refractivity (Wildman–Crippen MR) is 121 cm³/mol. The van der Waals surface area contributed by atoms with Crippen LogP contribution in [0.25, 0.3) is 31.7 Å². The number of nitrogens with one attached hydrogen (secondary N) is 1. The van der Waals surface area contributed by atoms with Crippen molar-refractivity contribution in [3.8, 4) is 16.3 Å². The minimum atomic E-state index is -0.208. The Bertz CT molecular complexity index is 1310. The molecule has 146 valence electrons. The lowest BCUT2D eigenvalue weighted by atomic mass is 10.1. The monoisotopic (exact) mass is 411 g/mol. The number of aromatic nitrogens is 2. The van der Waals surface area contributed by atoms with Gasteiger partial charge in [-0.2, -0.15) is 0 Å². The van der Waals surface area contributed by atoms with Crippen LogP contribution >= 0.6 is 11.3 Å². The van der Waals surface area contributed by atoms with Crippen molar-refractivity contribution >= 4 is 44.1 Å². The smallest absolute Gasteiger partial charge is 0.262 e. The first kappa shape index (κ1) is 18.3. The SMILES string of the molecule is O=C(COc1cccc2ccccc12)Nc1ccc(-c2nc3cccnc3s2)cc1. The van der Waals surface area contributed by atoms with Gasteiger partial charge in [-0.15, -0.1) is 0 Å². The standard InChI is InChI=1S/C24H17N3O2S/c28-22(15-29-21-9-3-6-16-5-1-2-7-19(16)21)26-18-12-10-17(11-13-18)23-27-20-8-4-14-25-24(20)30-23/h1-14H,15H2,(H,26,28). The quantitative estimate of drug-likeness (QED) is 0.413. The number of ether oxygens (including phenoxy) is 1. The molecule has 2 heterocycles. The van der Waals surface area contributed by atoms with E-state index >= 15 is 0 Å². The summed E-state index contributed by atoms with van der Waals surface area (Å²) in [4.78, 5) is 22.2. The minimum absolute atomic E-state index is 0.0563. The summed E-state index contributed by atoms with van der Waals surface area (Å²) in [6, 6.07) is 25.2. The molecule has 0 radical (unpaired) electrons. The van der Waals surface area contributed by atoms with Crippen molar-refractivity contribution in [2.75, 3.05) is 11.9 Å². The molecule has 0 saturated heterocycles. The number of hydrogen-bond donors (Lipinski definition) is 1. The lowest BCUT2D eigenvalue weighted by Crippen LogP contribution is -2.20. The molecule has 0 atom stereocenters. The highest BCUT2D eigenvalue weighted by Gasteiger charge is 2.09. The van der Waals surface area contributed by atoms with Gasteiger partial charge in [0.1, 0.15) is 21.1 Å². The summed E-state index contributed by atoms with van der Waals surface area (Å²) in [5.41, 5.74) is 2.59. The van der Waals surface area contributed by atoms with E-state index in [1.807, 2.05) is 78.9 Å². The summed E-state index contributed by atoms with van der Waals surface area (Å²) >= 11 is 1.55. The summed E-state index contributed by atoms with van der Waals surface area (Å²) < 4.78 is 5.75. The van der Waals surface area contributed by atoms with Gasteiger partial charge in [0.15, 0.2) is 6.61 Å². The summed E-state index contributed by atoms with van der Waals surface area (Å²) in [6.45, 7) is -0.0563. The lowest BCUT2D eigenvalue weighted by molar-refractivity contribution is -0.118. The summed E-state index contributed by atoms with van der Waals surface area (Å²) in [6.07, 6.45) is 1.77. The maximum Gasteiger partial charge on any atom is 0.262 e. The van der Waals surface area contributed by atoms with E-state index < -0.39 is 0 Å². The van der Waals surface area contributed by atoms with Crippen LogP contribution < -0.4 is 10.1 Å². The maximum atomic E-state index is 12.3. The number of carbonyl (C=O) groups is 1. The number of amides is 1. The van der Waals surface area contributed by atoms with Gasteiger partial charge in [-0.25, -0.2) is 9.97 Å². The van der Waals surface area contributed by atoms with Gasteiger partial charge >= 0.3 is 0 Å². The lowest BCUT2D eigenvalue weighted by Gasteiger charge is -2.10. The molecular weight excluding hydrogens is 394 g/mol. The van der Waals surface area contributed by atoms with E-state index in [4.69, 9.17) is 4.74 Å². The highest BCUT2D eigenvalue weighted by molar-refractivity contribution is 7.21. The van der Waals surface area contributed by atoms with Gasteiger partial charge in [-0.1, -0.05) is 47.7 Å². The Balaban J connectivity index is 1.25. The van der Waals surface area contributed by atoms with Crippen molar-refractivity contribution < 1.29 is 9.53 Å². The fourth-order valence-corrected chi connectivity index (χ4v) is 4.16. The Labute approximate surface area is 177 Å². The number of thiazole rings is 1. The normalized spacial score (nSPS) is 10.9. The van der Waals surface area contributed by atoms with Crippen LogP contribution in [0.4, 0.5) is 5.69 Å². The first-order valence-corrected chi connectivity index (χ1v) is 10.3. The second kappa shape index (κ2) is 7.93. The maximum absolute atomic E-state index is 12.3. The molecule has 0 aliphatic rings. The van der Waals surface area contributed by atoms with Gasteiger partial charge in [-0.05, 0) is 47.9 Å². The van der Waals surface area contributed by atoms with E-state index in [1.165, 1.54) is 0 Å². The van der Waals surface area contributed by atoms with Crippen LogP contribution in [0.15, 0.2) is 85.1 Å². The predicted octanol–water partition coefficient (Wildman–Crippen LogP) is 5.53. The van der Waals surface area contributed by atoms with Crippen LogP contribution in [0.5, 0.6) is 5.75 Å². The molecule has 0 saturated carbocycles. The third-order valence-electron chi connectivity index (χ3n) is 4.69. The van der Waals surface area contributed by atoms with E-state index in [1.54, 1.807) is 17.5 Å². The van der Waals surface area contributed by atoms with Gasteiger partial charge in [-0.3, -0.25) is 4.79 Å². The molecule has 5 rings (SSSR count). The molecule has 5 nitrogen and oxygen atoms in total. The fourth-order valence-electron chi connectivity index (χ4n) is 3.25. The minimum Gasteiger partial charge on any atom is -0.483 e. The molecule has 0 unspecified atom stereocenters.